The van der Waals surface area contributed by atoms with Gasteiger partial charge in [-0.1, -0.05) is 30.3 Å². The van der Waals surface area contributed by atoms with Gasteiger partial charge in [-0.25, -0.2) is 0 Å². The van der Waals surface area contributed by atoms with E-state index in [-0.39, 0.29) is 24.3 Å². The van der Waals surface area contributed by atoms with E-state index in [2.05, 4.69) is 10.2 Å². The normalized spacial score (nSPS) is 21.1. The van der Waals surface area contributed by atoms with Crippen molar-refractivity contribution in [3.05, 3.63) is 60.2 Å². The molecule has 28 heavy (non-hydrogen) atoms. The molecule has 0 radical (unpaired) electrons. The first-order valence-electron chi connectivity index (χ1n) is 9.73. The number of hydrogen-bond donors (Lipinski definition) is 1. The van der Waals surface area contributed by atoms with Crippen LogP contribution in [0, 0.1) is 0 Å². The van der Waals surface area contributed by atoms with Crippen LogP contribution in [0.25, 0.3) is 0 Å². The fourth-order valence-corrected chi connectivity index (χ4v) is 3.84. The van der Waals surface area contributed by atoms with Gasteiger partial charge in [0.25, 0.3) is 5.91 Å². The van der Waals surface area contributed by atoms with Crippen molar-refractivity contribution in [1.82, 2.24) is 4.90 Å². The van der Waals surface area contributed by atoms with Crippen LogP contribution >= 0.6 is 0 Å². The Kier molecular flexibility index (Phi) is 5.30. The second kappa shape index (κ2) is 8.02. The van der Waals surface area contributed by atoms with E-state index in [0.29, 0.717) is 0 Å². The number of imide groups is 1. The SMILES string of the molecule is C[C@H](c1ccccc1)N1C(=O)C[C@H](Nc2ccc(N3CCOCC3)cc2)C1=O. The highest BCUT2D eigenvalue weighted by molar-refractivity contribution is 6.07. The molecule has 0 saturated carbocycles. The number of likely N-dealkylation sites (tertiary alicyclic amines) is 1. The number of hydrogen-bond acceptors (Lipinski definition) is 5. The molecule has 6 heteroatoms. The van der Waals surface area contributed by atoms with Gasteiger partial charge in [0.2, 0.25) is 5.91 Å². The van der Waals surface area contributed by atoms with Gasteiger partial charge in [0, 0.05) is 24.5 Å². The summed E-state index contributed by atoms with van der Waals surface area (Å²) >= 11 is 0. The second-order valence-corrected chi connectivity index (χ2v) is 7.24. The van der Waals surface area contributed by atoms with Crippen molar-refractivity contribution in [2.24, 2.45) is 0 Å². The number of carbonyl (C=O) groups excluding carboxylic acids is 2. The van der Waals surface area contributed by atoms with E-state index < -0.39 is 6.04 Å². The highest BCUT2D eigenvalue weighted by Gasteiger charge is 2.41. The lowest BCUT2D eigenvalue weighted by molar-refractivity contribution is -0.141. The summed E-state index contributed by atoms with van der Waals surface area (Å²) in [6, 6.07) is 16.9. The summed E-state index contributed by atoms with van der Waals surface area (Å²) in [5.41, 5.74) is 2.94. The molecular formula is C22H25N3O3. The first-order valence-corrected chi connectivity index (χ1v) is 9.73. The molecule has 2 saturated heterocycles. The molecule has 0 spiro atoms. The summed E-state index contributed by atoms with van der Waals surface area (Å²) in [6.45, 7) is 5.15. The molecule has 2 fully saturated rings. The van der Waals surface area contributed by atoms with Gasteiger partial charge in [-0.2, -0.15) is 0 Å². The minimum Gasteiger partial charge on any atom is -0.378 e. The van der Waals surface area contributed by atoms with Gasteiger partial charge in [0.15, 0.2) is 0 Å². The predicted octanol–water partition coefficient (Wildman–Crippen LogP) is 2.82. The summed E-state index contributed by atoms with van der Waals surface area (Å²) < 4.78 is 5.39. The van der Waals surface area contributed by atoms with Crippen molar-refractivity contribution in [3.63, 3.8) is 0 Å². The van der Waals surface area contributed by atoms with Crippen LogP contribution in [0.1, 0.15) is 24.9 Å². The molecule has 146 valence electrons. The molecule has 0 bridgehead atoms. The molecule has 2 aromatic carbocycles. The van der Waals surface area contributed by atoms with E-state index in [1.807, 2.05) is 61.5 Å². The molecule has 0 unspecified atom stereocenters. The van der Waals surface area contributed by atoms with Gasteiger partial charge in [-0.3, -0.25) is 14.5 Å². The number of nitrogens with zero attached hydrogens (tertiary/aromatic N) is 2. The van der Waals surface area contributed by atoms with Crippen LogP contribution in [-0.2, 0) is 14.3 Å². The van der Waals surface area contributed by atoms with Crippen molar-refractivity contribution >= 4 is 23.2 Å². The fraction of sp³-hybridized carbons (Fsp3) is 0.364. The smallest absolute Gasteiger partial charge is 0.252 e. The van der Waals surface area contributed by atoms with Crippen LogP contribution in [-0.4, -0.2) is 49.1 Å². The number of carbonyl (C=O) groups is 2. The number of ether oxygens (including phenoxy) is 1. The molecule has 6 nitrogen and oxygen atoms in total. The van der Waals surface area contributed by atoms with Gasteiger partial charge < -0.3 is 15.0 Å². The summed E-state index contributed by atoms with van der Waals surface area (Å²) in [6.07, 6.45) is 0.182. The van der Waals surface area contributed by atoms with Crippen molar-refractivity contribution < 1.29 is 14.3 Å². The molecule has 2 aromatic rings. The Balaban J connectivity index is 1.42. The van der Waals surface area contributed by atoms with Crippen molar-refractivity contribution in [3.8, 4) is 0 Å². The highest BCUT2D eigenvalue weighted by Crippen LogP contribution is 2.28. The third-order valence-corrected chi connectivity index (χ3v) is 5.44. The average Bonchev–Trinajstić information content (AvgIpc) is 3.02. The van der Waals surface area contributed by atoms with Crippen LogP contribution < -0.4 is 10.2 Å². The summed E-state index contributed by atoms with van der Waals surface area (Å²) in [5.74, 6) is -0.303. The van der Waals surface area contributed by atoms with E-state index in [4.69, 9.17) is 4.74 Å². The maximum absolute atomic E-state index is 12.9. The standard InChI is InChI=1S/C22H25N3O3/c1-16(17-5-3-2-4-6-17)25-21(26)15-20(22(25)27)23-18-7-9-19(10-8-18)24-11-13-28-14-12-24/h2-10,16,20,23H,11-15H2,1H3/t16-,20+/m1/s1. The Labute approximate surface area is 165 Å². The lowest BCUT2D eigenvalue weighted by atomic mass is 10.1. The summed E-state index contributed by atoms with van der Waals surface area (Å²) in [5, 5.41) is 3.23. The fourth-order valence-electron chi connectivity index (χ4n) is 3.84. The van der Waals surface area contributed by atoms with Gasteiger partial charge in [0.05, 0.1) is 25.7 Å². The van der Waals surface area contributed by atoms with Crippen LogP contribution in [0.15, 0.2) is 54.6 Å². The summed E-state index contributed by atoms with van der Waals surface area (Å²) in [4.78, 5) is 29.0. The van der Waals surface area contributed by atoms with Crippen LogP contribution in [0.3, 0.4) is 0 Å². The van der Waals surface area contributed by atoms with Crippen molar-refractivity contribution in [2.45, 2.75) is 25.4 Å². The van der Waals surface area contributed by atoms with Crippen molar-refractivity contribution in [2.75, 3.05) is 36.5 Å². The molecule has 2 amide bonds. The molecule has 1 N–H and O–H groups in total. The number of amides is 2. The largest absolute Gasteiger partial charge is 0.378 e. The molecule has 2 heterocycles. The Morgan fingerprint density at radius 2 is 1.68 bits per heavy atom. The van der Waals surface area contributed by atoms with Gasteiger partial charge in [-0.15, -0.1) is 0 Å². The Morgan fingerprint density at radius 3 is 2.36 bits per heavy atom. The molecule has 4 rings (SSSR count). The molecule has 2 aliphatic heterocycles. The third kappa shape index (κ3) is 3.73. The Hall–Kier alpha value is -2.86. The number of morpholine rings is 1. The number of rotatable bonds is 5. The number of anilines is 2. The van der Waals surface area contributed by atoms with Crippen LogP contribution in [0.4, 0.5) is 11.4 Å². The van der Waals surface area contributed by atoms with Gasteiger partial charge in [0.1, 0.15) is 6.04 Å². The van der Waals surface area contributed by atoms with E-state index >= 15 is 0 Å². The predicted molar refractivity (Wildman–Crippen MR) is 108 cm³/mol. The van der Waals surface area contributed by atoms with Gasteiger partial charge in [-0.05, 0) is 36.8 Å². The van der Waals surface area contributed by atoms with E-state index in [1.165, 1.54) is 4.90 Å². The summed E-state index contributed by atoms with van der Waals surface area (Å²) in [7, 11) is 0. The maximum atomic E-state index is 12.9. The molecule has 0 aliphatic carbocycles. The van der Waals surface area contributed by atoms with Crippen LogP contribution in [0.2, 0.25) is 0 Å². The first-order chi connectivity index (χ1) is 13.6. The average molecular weight is 379 g/mol. The quantitative estimate of drug-likeness (QED) is 0.810. The van der Waals surface area contributed by atoms with E-state index in [9.17, 15) is 9.59 Å². The first kappa shape index (κ1) is 18.5. The van der Waals surface area contributed by atoms with Gasteiger partial charge >= 0.3 is 0 Å². The van der Waals surface area contributed by atoms with E-state index in [1.54, 1.807) is 0 Å². The molecule has 2 atom stereocenters. The maximum Gasteiger partial charge on any atom is 0.252 e. The van der Waals surface area contributed by atoms with Crippen molar-refractivity contribution in [1.29, 1.82) is 0 Å². The molecule has 2 aliphatic rings. The second-order valence-electron chi connectivity index (χ2n) is 7.24. The zero-order valence-corrected chi connectivity index (χ0v) is 16.0. The highest BCUT2D eigenvalue weighted by atomic mass is 16.5. The Bertz CT molecular complexity index is 832. The Morgan fingerprint density at radius 1 is 1.00 bits per heavy atom. The third-order valence-electron chi connectivity index (χ3n) is 5.44. The monoisotopic (exact) mass is 379 g/mol. The van der Waals surface area contributed by atoms with E-state index in [0.717, 1.165) is 43.2 Å². The number of benzene rings is 2. The minimum atomic E-state index is -0.520. The zero-order valence-electron chi connectivity index (χ0n) is 16.0. The topological polar surface area (TPSA) is 61.9 Å². The molecular weight excluding hydrogens is 354 g/mol. The number of nitrogens with one attached hydrogen (secondary N) is 1. The van der Waals surface area contributed by atoms with Crippen LogP contribution in [0.5, 0.6) is 0 Å². The lowest BCUT2D eigenvalue weighted by Gasteiger charge is -2.29. The molecule has 0 aromatic heterocycles. The minimum absolute atomic E-state index is 0.135. The lowest BCUT2D eigenvalue weighted by Crippen LogP contribution is -2.37. The zero-order chi connectivity index (χ0) is 19.5.